The SMILES string of the molecule is CC(C)c1ccc(C(=O)Nc2ncccc2C(=O)O)cc1. The molecule has 1 aromatic heterocycles. The number of aromatic nitrogens is 1. The number of anilines is 1. The quantitative estimate of drug-likeness (QED) is 0.903. The largest absolute Gasteiger partial charge is 0.478 e. The van der Waals surface area contributed by atoms with Gasteiger partial charge < -0.3 is 10.4 Å². The van der Waals surface area contributed by atoms with Crippen LogP contribution >= 0.6 is 0 Å². The highest BCUT2D eigenvalue weighted by Gasteiger charge is 2.14. The Bertz CT molecular complexity index is 663. The molecule has 2 N–H and O–H groups in total. The zero-order valence-corrected chi connectivity index (χ0v) is 11.8. The molecule has 0 spiro atoms. The third-order valence-corrected chi connectivity index (χ3v) is 3.11. The lowest BCUT2D eigenvalue weighted by atomic mass is 10.0. The minimum atomic E-state index is -1.13. The predicted molar refractivity (Wildman–Crippen MR) is 79.7 cm³/mol. The molecule has 2 rings (SSSR count). The van der Waals surface area contributed by atoms with Crippen molar-refractivity contribution in [2.45, 2.75) is 19.8 Å². The summed E-state index contributed by atoms with van der Waals surface area (Å²) in [7, 11) is 0. The van der Waals surface area contributed by atoms with Gasteiger partial charge >= 0.3 is 5.97 Å². The Balaban J connectivity index is 2.20. The first kappa shape index (κ1) is 14.7. The first-order valence-corrected chi connectivity index (χ1v) is 6.58. The minimum Gasteiger partial charge on any atom is -0.478 e. The van der Waals surface area contributed by atoms with Crippen LogP contribution in [0.5, 0.6) is 0 Å². The third kappa shape index (κ3) is 3.45. The van der Waals surface area contributed by atoms with Gasteiger partial charge in [-0.05, 0) is 35.7 Å². The maximum absolute atomic E-state index is 12.1. The summed E-state index contributed by atoms with van der Waals surface area (Å²) in [5.74, 6) is -1.08. The zero-order chi connectivity index (χ0) is 15.4. The molecule has 0 atom stereocenters. The Kier molecular flexibility index (Phi) is 4.33. The van der Waals surface area contributed by atoms with Crippen molar-refractivity contribution in [1.82, 2.24) is 4.98 Å². The van der Waals surface area contributed by atoms with E-state index in [1.165, 1.54) is 18.3 Å². The average Bonchev–Trinajstić information content (AvgIpc) is 2.47. The zero-order valence-electron chi connectivity index (χ0n) is 11.8. The van der Waals surface area contributed by atoms with E-state index in [0.29, 0.717) is 11.5 Å². The monoisotopic (exact) mass is 284 g/mol. The van der Waals surface area contributed by atoms with Gasteiger partial charge in [0.25, 0.3) is 5.91 Å². The molecule has 0 bridgehead atoms. The lowest BCUT2D eigenvalue weighted by molar-refractivity contribution is 0.0697. The number of carbonyl (C=O) groups excluding carboxylic acids is 1. The number of aromatic carboxylic acids is 1. The summed E-state index contributed by atoms with van der Waals surface area (Å²) in [6.07, 6.45) is 1.43. The second-order valence-electron chi connectivity index (χ2n) is 4.94. The van der Waals surface area contributed by atoms with E-state index in [1.54, 1.807) is 12.1 Å². The Morgan fingerprint density at radius 1 is 1.14 bits per heavy atom. The van der Waals surface area contributed by atoms with Crippen molar-refractivity contribution in [1.29, 1.82) is 0 Å². The summed E-state index contributed by atoms with van der Waals surface area (Å²) < 4.78 is 0. The van der Waals surface area contributed by atoms with Crippen LogP contribution < -0.4 is 5.32 Å². The van der Waals surface area contributed by atoms with E-state index in [1.807, 2.05) is 12.1 Å². The van der Waals surface area contributed by atoms with Crippen molar-refractivity contribution in [3.8, 4) is 0 Å². The number of pyridine rings is 1. The average molecular weight is 284 g/mol. The van der Waals surface area contributed by atoms with Gasteiger partial charge in [-0.2, -0.15) is 0 Å². The number of amides is 1. The van der Waals surface area contributed by atoms with E-state index >= 15 is 0 Å². The molecule has 0 aliphatic rings. The maximum atomic E-state index is 12.1. The van der Waals surface area contributed by atoms with Crippen LogP contribution in [0.1, 0.15) is 46.0 Å². The fraction of sp³-hybridized carbons (Fsp3) is 0.188. The molecule has 1 heterocycles. The minimum absolute atomic E-state index is 0.0374. The van der Waals surface area contributed by atoms with Crippen molar-refractivity contribution < 1.29 is 14.7 Å². The number of rotatable bonds is 4. The summed E-state index contributed by atoms with van der Waals surface area (Å²) in [5, 5.41) is 11.6. The van der Waals surface area contributed by atoms with Crippen LogP contribution in [0.3, 0.4) is 0 Å². The van der Waals surface area contributed by atoms with E-state index in [0.717, 1.165) is 5.56 Å². The lowest BCUT2D eigenvalue weighted by Gasteiger charge is -2.09. The van der Waals surface area contributed by atoms with Crippen LogP contribution in [0.25, 0.3) is 0 Å². The summed E-state index contributed by atoms with van der Waals surface area (Å²) in [6.45, 7) is 4.14. The summed E-state index contributed by atoms with van der Waals surface area (Å²) in [6, 6.07) is 10.1. The second kappa shape index (κ2) is 6.17. The first-order chi connectivity index (χ1) is 9.99. The van der Waals surface area contributed by atoms with E-state index in [2.05, 4.69) is 24.1 Å². The molecular weight excluding hydrogens is 268 g/mol. The van der Waals surface area contributed by atoms with E-state index in [-0.39, 0.29) is 17.3 Å². The number of carboxylic acids is 1. The Morgan fingerprint density at radius 3 is 2.38 bits per heavy atom. The van der Waals surface area contributed by atoms with Crippen molar-refractivity contribution >= 4 is 17.7 Å². The highest BCUT2D eigenvalue weighted by Crippen LogP contribution is 2.16. The number of carboxylic acid groups (broad SMARTS) is 1. The van der Waals surface area contributed by atoms with Gasteiger partial charge in [0.1, 0.15) is 11.4 Å². The molecule has 2 aromatic rings. The van der Waals surface area contributed by atoms with Gasteiger partial charge in [-0.3, -0.25) is 4.79 Å². The highest BCUT2D eigenvalue weighted by atomic mass is 16.4. The number of benzene rings is 1. The molecule has 21 heavy (non-hydrogen) atoms. The molecule has 5 nitrogen and oxygen atoms in total. The van der Waals surface area contributed by atoms with Crippen LogP contribution in [0, 0.1) is 0 Å². The number of carbonyl (C=O) groups is 2. The lowest BCUT2D eigenvalue weighted by Crippen LogP contribution is -2.16. The maximum Gasteiger partial charge on any atom is 0.339 e. The molecular formula is C16H16N2O3. The Hall–Kier alpha value is -2.69. The predicted octanol–water partition coefficient (Wildman–Crippen LogP) is 3.16. The second-order valence-corrected chi connectivity index (χ2v) is 4.94. The molecule has 1 aromatic carbocycles. The fourth-order valence-electron chi connectivity index (χ4n) is 1.88. The van der Waals surface area contributed by atoms with E-state index < -0.39 is 5.97 Å². The molecule has 0 saturated carbocycles. The van der Waals surface area contributed by atoms with Crippen LogP contribution in [0.2, 0.25) is 0 Å². The Morgan fingerprint density at radius 2 is 1.81 bits per heavy atom. The van der Waals surface area contributed by atoms with Gasteiger partial charge in [-0.15, -0.1) is 0 Å². The smallest absolute Gasteiger partial charge is 0.339 e. The summed E-state index contributed by atoms with van der Waals surface area (Å²) in [5.41, 5.74) is 1.56. The molecule has 5 heteroatoms. The molecule has 0 fully saturated rings. The number of nitrogens with one attached hydrogen (secondary N) is 1. The molecule has 0 aliphatic heterocycles. The van der Waals surface area contributed by atoms with Gasteiger partial charge in [0.2, 0.25) is 0 Å². The number of nitrogens with zero attached hydrogens (tertiary/aromatic N) is 1. The van der Waals surface area contributed by atoms with Crippen LogP contribution in [-0.2, 0) is 0 Å². The van der Waals surface area contributed by atoms with Crippen LogP contribution in [0.4, 0.5) is 5.82 Å². The van der Waals surface area contributed by atoms with Crippen molar-refractivity contribution in [2.75, 3.05) is 5.32 Å². The van der Waals surface area contributed by atoms with Crippen molar-refractivity contribution in [2.24, 2.45) is 0 Å². The fourth-order valence-corrected chi connectivity index (χ4v) is 1.88. The van der Waals surface area contributed by atoms with Crippen LogP contribution in [-0.4, -0.2) is 22.0 Å². The Labute approximate surface area is 122 Å². The summed E-state index contributed by atoms with van der Waals surface area (Å²) >= 11 is 0. The molecule has 0 saturated heterocycles. The molecule has 1 amide bonds. The van der Waals surface area contributed by atoms with Gasteiger partial charge in [-0.25, -0.2) is 9.78 Å². The van der Waals surface area contributed by atoms with Crippen LogP contribution in [0.15, 0.2) is 42.6 Å². The molecule has 0 unspecified atom stereocenters. The van der Waals surface area contributed by atoms with Gasteiger partial charge in [-0.1, -0.05) is 26.0 Å². The molecule has 0 aliphatic carbocycles. The standard InChI is InChI=1S/C16H16N2O3/c1-10(2)11-5-7-12(8-6-11)15(19)18-14-13(16(20)21)4-3-9-17-14/h3-10H,1-2H3,(H,20,21)(H,17,18,19). The van der Waals surface area contributed by atoms with Gasteiger partial charge in [0, 0.05) is 11.8 Å². The van der Waals surface area contributed by atoms with E-state index in [9.17, 15) is 9.59 Å². The third-order valence-electron chi connectivity index (χ3n) is 3.11. The first-order valence-electron chi connectivity index (χ1n) is 6.58. The van der Waals surface area contributed by atoms with E-state index in [4.69, 9.17) is 5.11 Å². The topological polar surface area (TPSA) is 79.3 Å². The summed E-state index contributed by atoms with van der Waals surface area (Å²) in [4.78, 5) is 27.1. The highest BCUT2D eigenvalue weighted by molar-refractivity contribution is 6.06. The molecule has 108 valence electrons. The normalized spacial score (nSPS) is 10.4. The molecule has 0 radical (unpaired) electrons. The van der Waals surface area contributed by atoms with Crippen molar-refractivity contribution in [3.63, 3.8) is 0 Å². The van der Waals surface area contributed by atoms with Crippen molar-refractivity contribution in [3.05, 3.63) is 59.3 Å². The number of hydrogen-bond donors (Lipinski definition) is 2. The number of hydrogen-bond acceptors (Lipinski definition) is 3. The van der Waals surface area contributed by atoms with Gasteiger partial charge in [0.05, 0.1) is 0 Å². The van der Waals surface area contributed by atoms with Gasteiger partial charge in [0.15, 0.2) is 0 Å².